The molecule has 0 radical (unpaired) electrons. The molecule has 0 N–H and O–H groups in total. The molecular formula is C2H6O2Ti-2. The second-order valence-corrected chi connectivity index (χ2v) is 0. The van der Waals surface area contributed by atoms with E-state index in [9.17, 15) is 0 Å². The molecule has 2 nitrogen and oxygen atoms in total. The fourth-order valence-electron chi connectivity index (χ4n) is 0. The molecule has 0 saturated heterocycles. The quantitative estimate of drug-likeness (QED) is 0.325. The first kappa shape index (κ1) is 301. The first-order chi connectivity index (χ1) is 0. The number of hydrogen-bond donors (Lipinski definition) is 0. The third-order valence-corrected chi connectivity index (χ3v) is 0. The van der Waals surface area contributed by atoms with E-state index < -0.39 is 0 Å². The first-order valence-corrected chi connectivity index (χ1v) is 0. The van der Waals surface area contributed by atoms with Crippen molar-refractivity contribution in [2.75, 3.05) is 0 Å². The van der Waals surface area contributed by atoms with Gasteiger partial charge < -0.3 is 25.8 Å². The Morgan fingerprint density at radius 2 is 0.600 bits per heavy atom. The Bertz CT molecular complexity index is 7.61. The van der Waals surface area contributed by atoms with Crippen LogP contribution in [0.1, 0.15) is 0 Å². The third-order valence-electron chi connectivity index (χ3n) is 0. The van der Waals surface area contributed by atoms with Crippen molar-refractivity contribution in [1.82, 2.24) is 0 Å². The maximum atomic E-state index is 0. The van der Waals surface area contributed by atoms with Crippen LogP contribution in [-0.4, -0.2) is 0 Å². The molecule has 0 saturated carbocycles. The zero-order chi connectivity index (χ0) is 0. The summed E-state index contributed by atoms with van der Waals surface area (Å²) in [6.45, 7) is 0. The molecule has 0 rings (SSSR count). The smallest absolute Gasteiger partial charge is 2.00 e. The third kappa shape index (κ3) is 79.9. The van der Waals surface area contributed by atoms with Gasteiger partial charge in [0, 0.05) is 0 Å². The Labute approximate surface area is 48.1 Å². The van der Waals surface area contributed by atoms with Gasteiger partial charge in [0.05, 0.1) is 0 Å². The van der Waals surface area contributed by atoms with Gasteiger partial charge in [0.1, 0.15) is 0 Å². The fraction of sp³-hybridized carbons (Fsp3) is 0. The van der Waals surface area contributed by atoms with Gasteiger partial charge in [-0.1, -0.05) is 0 Å². The van der Waals surface area contributed by atoms with Gasteiger partial charge in [0.25, 0.3) is 0 Å². The van der Waals surface area contributed by atoms with Crippen LogP contribution in [0, 0.1) is 14.9 Å². The van der Waals surface area contributed by atoms with Gasteiger partial charge in [-0.2, -0.15) is 0 Å². The Morgan fingerprint density at radius 1 is 0.600 bits per heavy atom. The van der Waals surface area contributed by atoms with E-state index in [0.717, 1.165) is 0 Å². The predicted molar refractivity (Wildman–Crippen MR) is 14.2 cm³/mol. The standard InChI is InChI=1S/2CH3.2O.Ti/h2*1H3;;;/q2*-1;2*-2;+4. The van der Waals surface area contributed by atoms with Crippen molar-refractivity contribution in [2.45, 2.75) is 0 Å². The van der Waals surface area contributed by atoms with Gasteiger partial charge in [0.2, 0.25) is 0 Å². The molecule has 0 bridgehead atoms. The van der Waals surface area contributed by atoms with Crippen LogP contribution < -0.4 is 0 Å². The number of hydrogen-bond acceptors (Lipinski definition) is 0. The van der Waals surface area contributed by atoms with Crippen molar-refractivity contribution in [3.8, 4) is 0 Å². The molecule has 0 aromatic rings. The molecule has 0 aromatic carbocycles. The summed E-state index contributed by atoms with van der Waals surface area (Å²) >= 11 is 0. The van der Waals surface area contributed by atoms with Crippen LogP contribution in [0.15, 0.2) is 0 Å². The second-order valence-electron chi connectivity index (χ2n) is 0. The summed E-state index contributed by atoms with van der Waals surface area (Å²) in [6.07, 6.45) is 0. The summed E-state index contributed by atoms with van der Waals surface area (Å²) in [4.78, 5) is 0. The van der Waals surface area contributed by atoms with Gasteiger partial charge in [-0.15, -0.1) is 0 Å². The average Bonchev–Trinajstić information content (AvgIpc) is 0. The molecule has 0 atom stereocenters. The average molecular weight is 110 g/mol. The van der Waals surface area contributed by atoms with Crippen molar-refractivity contribution in [3.05, 3.63) is 14.9 Å². The van der Waals surface area contributed by atoms with E-state index in [-0.39, 0.29) is 47.5 Å². The minimum Gasteiger partial charge on any atom is -2.00 e. The summed E-state index contributed by atoms with van der Waals surface area (Å²) < 4.78 is 0. The largest absolute Gasteiger partial charge is 4.00 e. The van der Waals surface area contributed by atoms with Crippen LogP contribution in [-0.2, 0) is 32.7 Å². The molecule has 0 aliphatic rings. The van der Waals surface area contributed by atoms with Crippen molar-refractivity contribution in [3.63, 3.8) is 0 Å². The van der Waals surface area contributed by atoms with Crippen LogP contribution in [0.5, 0.6) is 0 Å². The van der Waals surface area contributed by atoms with E-state index in [4.69, 9.17) is 0 Å². The molecule has 0 aliphatic carbocycles. The molecule has 0 amide bonds. The molecule has 3 heteroatoms. The summed E-state index contributed by atoms with van der Waals surface area (Å²) in [7, 11) is 0. The SMILES string of the molecule is [CH3-].[CH3-].[O-2].[O-2].[Ti+4]. The maximum absolute atomic E-state index is 0. The normalized spacial score (nSPS) is 0. The van der Waals surface area contributed by atoms with Crippen molar-refractivity contribution < 1.29 is 32.7 Å². The fourth-order valence-corrected chi connectivity index (χ4v) is 0. The molecule has 32 valence electrons. The van der Waals surface area contributed by atoms with Gasteiger partial charge in [-0.25, -0.2) is 0 Å². The summed E-state index contributed by atoms with van der Waals surface area (Å²) in [5.74, 6) is 0. The maximum Gasteiger partial charge on any atom is 4.00 e. The molecule has 0 fully saturated rings. The van der Waals surface area contributed by atoms with Crippen molar-refractivity contribution in [2.24, 2.45) is 0 Å². The summed E-state index contributed by atoms with van der Waals surface area (Å²) in [6, 6.07) is 0. The van der Waals surface area contributed by atoms with Crippen LogP contribution >= 0.6 is 0 Å². The molecule has 0 heterocycles. The summed E-state index contributed by atoms with van der Waals surface area (Å²) in [5, 5.41) is 0. The topological polar surface area (TPSA) is 57.0 Å². The Morgan fingerprint density at radius 3 is 0.600 bits per heavy atom. The van der Waals surface area contributed by atoms with Crippen LogP contribution in [0.4, 0.5) is 0 Å². The monoisotopic (exact) mass is 110 g/mol. The first-order valence-electron chi connectivity index (χ1n) is 0. The molecular weight excluding hydrogens is 104 g/mol. The zero-order valence-electron chi connectivity index (χ0n) is 3.32. The Balaban J connectivity index is 0. The molecule has 0 spiro atoms. The van der Waals surface area contributed by atoms with Gasteiger partial charge in [-0.3, -0.25) is 0 Å². The Hall–Kier alpha value is 0.634. The van der Waals surface area contributed by atoms with Crippen molar-refractivity contribution in [1.29, 1.82) is 0 Å². The predicted octanol–water partition coefficient (Wildman–Crippen LogP) is 0.660. The zero-order valence-corrected chi connectivity index (χ0v) is 4.88. The van der Waals surface area contributed by atoms with Crippen LogP contribution in [0.2, 0.25) is 0 Å². The van der Waals surface area contributed by atoms with Crippen molar-refractivity contribution >= 4 is 0 Å². The summed E-state index contributed by atoms with van der Waals surface area (Å²) in [5.41, 5.74) is 0. The molecule has 0 aliphatic heterocycles. The minimum atomic E-state index is 0. The Kier molecular flexibility index (Phi) is 9150. The van der Waals surface area contributed by atoms with Crippen LogP contribution in [0.25, 0.3) is 0 Å². The molecule has 0 unspecified atom stereocenters. The van der Waals surface area contributed by atoms with Gasteiger partial charge in [-0.05, 0) is 0 Å². The van der Waals surface area contributed by atoms with Gasteiger partial charge in [0.15, 0.2) is 0 Å². The van der Waals surface area contributed by atoms with E-state index in [1.165, 1.54) is 0 Å². The molecule has 5 heavy (non-hydrogen) atoms. The van der Waals surface area contributed by atoms with E-state index in [1.54, 1.807) is 0 Å². The molecule has 0 aromatic heterocycles. The van der Waals surface area contributed by atoms with Crippen LogP contribution in [0.3, 0.4) is 0 Å². The second kappa shape index (κ2) is 152. The van der Waals surface area contributed by atoms with Gasteiger partial charge >= 0.3 is 21.7 Å². The van der Waals surface area contributed by atoms with E-state index >= 15 is 0 Å². The van der Waals surface area contributed by atoms with E-state index in [2.05, 4.69) is 0 Å². The number of rotatable bonds is 0. The minimum absolute atomic E-state index is 0. The van der Waals surface area contributed by atoms with E-state index in [1.807, 2.05) is 0 Å². The van der Waals surface area contributed by atoms with E-state index in [0.29, 0.717) is 0 Å².